The topological polar surface area (TPSA) is 35.2 Å². The first-order chi connectivity index (χ1) is 7.86. The minimum atomic E-state index is -4.47. The van der Waals surface area contributed by atoms with Gasteiger partial charge in [0.2, 0.25) is 0 Å². The van der Waals surface area contributed by atoms with E-state index in [0.717, 1.165) is 0 Å². The summed E-state index contributed by atoms with van der Waals surface area (Å²) in [5.74, 6) is -3.03. The lowest BCUT2D eigenvalue weighted by Crippen LogP contribution is -2.35. The van der Waals surface area contributed by atoms with E-state index >= 15 is 0 Å². The van der Waals surface area contributed by atoms with Crippen LogP contribution in [0.4, 0.5) is 17.6 Å². The highest BCUT2D eigenvalue weighted by Crippen LogP contribution is 2.28. The standard InChI is InChI=1S/C10H10ClF4NO/c11-7-2-1-3-8(9(7)12)17-5-6(4-16)10(13,14)15/h1-3,6H,4-5,16H2. The molecule has 0 aliphatic carbocycles. The average molecular weight is 272 g/mol. The van der Waals surface area contributed by atoms with Crippen molar-refractivity contribution < 1.29 is 22.3 Å². The van der Waals surface area contributed by atoms with Crippen molar-refractivity contribution in [1.29, 1.82) is 0 Å². The van der Waals surface area contributed by atoms with E-state index in [1.165, 1.54) is 18.2 Å². The van der Waals surface area contributed by atoms with E-state index in [9.17, 15) is 17.6 Å². The maximum absolute atomic E-state index is 13.3. The maximum Gasteiger partial charge on any atom is 0.396 e. The molecule has 17 heavy (non-hydrogen) atoms. The van der Waals surface area contributed by atoms with Gasteiger partial charge in [-0.15, -0.1) is 0 Å². The Labute approximate surface area is 100 Å². The summed E-state index contributed by atoms with van der Waals surface area (Å²) in [6.07, 6.45) is -4.47. The summed E-state index contributed by atoms with van der Waals surface area (Å²) < 4.78 is 55.0. The molecule has 1 aromatic rings. The molecule has 0 spiro atoms. The molecule has 1 aromatic carbocycles. The SMILES string of the molecule is NCC(COc1cccc(Cl)c1F)C(F)(F)F. The largest absolute Gasteiger partial charge is 0.490 e. The smallest absolute Gasteiger partial charge is 0.396 e. The Hall–Kier alpha value is -1.01. The van der Waals surface area contributed by atoms with Crippen LogP contribution in [0, 0.1) is 11.7 Å². The van der Waals surface area contributed by atoms with E-state index in [-0.39, 0.29) is 10.8 Å². The van der Waals surface area contributed by atoms with Gasteiger partial charge < -0.3 is 10.5 Å². The second-order valence-corrected chi connectivity index (χ2v) is 3.74. The third-order valence-corrected chi connectivity index (χ3v) is 2.40. The maximum atomic E-state index is 13.3. The van der Waals surface area contributed by atoms with E-state index in [1.54, 1.807) is 0 Å². The molecule has 96 valence electrons. The molecular formula is C10H10ClF4NO. The molecule has 0 aliphatic heterocycles. The predicted octanol–water partition coefficient (Wildman–Crippen LogP) is 3.00. The Bertz CT molecular complexity index is 383. The van der Waals surface area contributed by atoms with Gasteiger partial charge in [-0.25, -0.2) is 4.39 Å². The van der Waals surface area contributed by atoms with Crippen molar-refractivity contribution in [3.05, 3.63) is 29.0 Å². The number of hydrogen-bond acceptors (Lipinski definition) is 2. The van der Waals surface area contributed by atoms with Gasteiger partial charge in [0.15, 0.2) is 11.6 Å². The number of hydrogen-bond donors (Lipinski definition) is 1. The van der Waals surface area contributed by atoms with E-state index in [2.05, 4.69) is 0 Å². The zero-order valence-corrected chi connectivity index (χ0v) is 9.35. The van der Waals surface area contributed by atoms with Crippen molar-refractivity contribution >= 4 is 11.6 Å². The Morgan fingerprint density at radius 1 is 1.35 bits per heavy atom. The molecule has 0 saturated carbocycles. The second kappa shape index (κ2) is 5.55. The van der Waals surface area contributed by atoms with Crippen molar-refractivity contribution in [2.24, 2.45) is 11.7 Å². The van der Waals surface area contributed by atoms with Crippen molar-refractivity contribution in [3.8, 4) is 5.75 Å². The Morgan fingerprint density at radius 3 is 2.53 bits per heavy atom. The second-order valence-electron chi connectivity index (χ2n) is 3.34. The van der Waals surface area contributed by atoms with Crippen molar-refractivity contribution in [2.75, 3.05) is 13.2 Å². The van der Waals surface area contributed by atoms with E-state index < -0.39 is 31.1 Å². The number of halogens is 5. The fourth-order valence-electron chi connectivity index (χ4n) is 1.08. The van der Waals surface area contributed by atoms with Crippen LogP contribution in [-0.4, -0.2) is 19.3 Å². The van der Waals surface area contributed by atoms with Crippen LogP contribution in [0.15, 0.2) is 18.2 Å². The van der Waals surface area contributed by atoms with Gasteiger partial charge in [0, 0.05) is 6.54 Å². The fourth-order valence-corrected chi connectivity index (χ4v) is 1.25. The molecule has 0 aromatic heterocycles. The summed E-state index contributed by atoms with van der Waals surface area (Å²) in [6, 6.07) is 3.85. The van der Waals surface area contributed by atoms with Gasteiger partial charge in [-0.2, -0.15) is 13.2 Å². The van der Waals surface area contributed by atoms with Crippen LogP contribution in [0.5, 0.6) is 5.75 Å². The highest BCUT2D eigenvalue weighted by molar-refractivity contribution is 6.30. The molecule has 0 fully saturated rings. The minimum absolute atomic E-state index is 0.209. The van der Waals surface area contributed by atoms with Crippen molar-refractivity contribution in [2.45, 2.75) is 6.18 Å². The number of benzene rings is 1. The molecule has 0 radical (unpaired) electrons. The zero-order chi connectivity index (χ0) is 13.1. The molecule has 1 atom stereocenters. The van der Waals surface area contributed by atoms with Crippen LogP contribution in [-0.2, 0) is 0 Å². The average Bonchev–Trinajstić information content (AvgIpc) is 2.23. The third kappa shape index (κ3) is 3.74. The third-order valence-electron chi connectivity index (χ3n) is 2.10. The summed E-state index contributed by atoms with van der Waals surface area (Å²) in [6.45, 7) is -1.36. The van der Waals surface area contributed by atoms with Gasteiger partial charge in [-0.3, -0.25) is 0 Å². The molecule has 1 rings (SSSR count). The summed E-state index contributed by atoms with van der Waals surface area (Å²) in [7, 11) is 0. The monoisotopic (exact) mass is 271 g/mol. The molecule has 1 unspecified atom stereocenters. The van der Waals surface area contributed by atoms with E-state index in [0.29, 0.717) is 0 Å². The van der Waals surface area contributed by atoms with Crippen LogP contribution >= 0.6 is 11.6 Å². The van der Waals surface area contributed by atoms with E-state index in [4.69, 9.17) is 22.1 Å². The summed E-state index contributed by atoms with van der Waals surface area (Å²) in [5.41, 5.74) is 4.97. The molecular weight excluding hydrogens is 262 g/mol. The predicted molar refractivity (Wildman–Crippen MR) is 55.5 cm³/mol. The Kier molecular flexibility index (Phi) is 4.59. The number of nitrogens with two attached hydrogens (primary N) is 1. The van der Waals surface area contributed by atoms with Crippen LogP contribution in [0.3, 0.4) is 0 Å². The summed E-state index contributed by atoms with van der Waals surface area (Å²) in [5, 5.41) is -0.209. The summed E-state index contributed by atoms with van der Waals surface area (Å²) >= 11 is 5.45. The van der Waals surface area contributed by atoms with Gasteiger partial charge in [0.25, 0.3) is 0 Å². The quantitative estimate of drug-likeness (QED) is 0.855. The Balaban J connectivity index is 2.70. The fraction of sp³-hybridized carbons (Fsp3) is 0.400. The number of ether oxygens (including phenoxy) is 1. The minimum Gasteiger partial charge on any atom is -0.490 e. The van der Waals surface area contributed by atoms with Crippen LogP contribution in [0.25, 0.3) is 0 Å². The van der Waals surface area contributed by atoms with Gasteiger partial charge in [0.05, 0.1) is 5.02 Å². The van der Waals surface area contributed by atoms with Gasteiger partial charge in [-0.1, -0.05) is 17.7 Å². The molecule has 0 heterocycles. The molecule has 2 N–H and O–H groups in total. The molecule has 0 aliphatic rings. The first kappa shape index (κ1) is 14.1. The number of rotatable bonds is 4. The molecule has 0 saturated heterocycles. The molecule has 2 nitrogen and oxygen atoms in total. The highest BCUT2D eigenvalue weighted by atomic mass is 35.5. The normalized spacial score (nSPS) is 13.5. The van der Waals surface area contributed by atoms with Gasteiger partial charge in [0.1, 0.15) is 12.5 Å². The zero-order valence-electron chi connectivity index (χ0n) is 8.60. The van der Waals surface area contributed by atoms with Gasteiger partial charge in [-0.05, 0) is 12.1 Å². The highest BCUT2D eigenvalue weighted by Gasteiger charge is 2.39. The van der Waals surface area contributed by atoms with Crippen LogP contribution < -0.4 is 10.5 Å². The van der Waals surface area contributed by atoms with Crippen molar-refractivity contribution in [1.82, 2.24) is 0 Å². The van der Waals surface area contributed by atoms with Gasteiger partial charge >= 0.3 is 6.18 Å². The first-order valence-electron chi connectivity index (χ1n) is 4.70. The molecule has 7 heteroatoms. The molecule has 0 amide bonds. The Morgan fingerprint density at radius 2 is 2.00 bits per heavy atom. The first-order valence-corrected chi connectivity index (χ1v) is 5.07. The molecule has 0 bridgehead atoms. The lowest BCUT2D eigenvalue weighted by molar-refractivity contribution is -0.178. The lowest BCUT2D eigenvalue weighted by Gasteiger charge is -2.19. The van der Waals surface area contributed by atoms with Crippen LogP contribution in [0.2, 0.25) is 5.02 Å². The van der Waals surface area contributed by atoms with E-state index in [1.807, 2.05) is 0 Å². The van der Waals surface area contributed by atoms with Crippen molar-refractivity contribution in [3.63, 3.8) is 0 Å². The lowest BCUT2D eigenvalue weighted by atomic mass is 10.1. The number of alkyl halides is 3. The van der Waals surface area contributed by atoms with Crippen LogP contribution in [0.1, 0.15) is 0 Å². The summed E-state index contributed by atoms with van der Waals surface area (Å²) in [4.78, 5) is 0.